The summed E-state index contributed by atoms with van der Waals surface area (Å²) in [7, 11) is 0. The maximum Gasteiger partial charge on any atom is 0.271 e. The summed E-state index contributed by atoms with van der Waals surface area (Å²) in [6, 6.07) is 2.13. The molecule has 6 heteroatoms. The second-order valence-corrected chi connectivity index (χ2v) is 9.48. The maximum atomic E-state index is 13.1. The Bertz CT molecular complexity index is 1080. The lowest BCUT2D eigenvalue weighted by atomic mass is 9.95. The van der Waals surface area contributed by atoms with Crippen molar-refractivity contribution in [3.63, 3.8) is 0 Å². The number of pyridine rings is 1. The molecule has 5 nitrogen and oxygen atoms in total. The Morgan fingerprint density at radius 2 is 2.00 bits per heavy atom. The van der Waals surface area contributed by atoms with Crippen molar-refractivity contribution >= 4 is 31.8 Å². The first kappa shape index (κ1) is 19.5. The highest BCUT2D eigenvalue weighted by Gasteiger charge is 2.28. The van der Waals surface area contributed by atoms with Crippen LogP contribution in [0.2, 0.25) is 0 Å². The maximum absolute atomic E-state index is 13.1. The quantitative estimate of drug-likeness (QED) is 0.539. The fourth-order valence-corrected chi connectivity index (χ4v) is 5.04. The van der Waals surface area contributed by atoms with Crippen LogP contribution in [-0.2, 0) is 24.3 Å². The number of unbranched alkanes of at least 4 members (excludes halogenated alkanes) is 4. The highest BCUT2D eigenvalue weighted by atomic mass is 32.1. The van der Waals surface area contributed by atoms with Crippen molar-refractivity contribution < 1.29 is 4.74 Å². The second kappa shape index (κ2) is 7.56. The van der Waals surface area contributed by atoms with Gasteiger partial charge in [-0.25, -0.2) is 9.97 Å². The number of thiophene rings is 1. The smallest absolute Gasteiger partial charge is 0.271 e. The molecule has 150 valence electrons. The van der Waals surface area contributed by atoms with Crippen LogP contribution < -0.4 is 5.56 Å². The van der Waals surface area contributed by atoms with E-state index in [-0.39, 0.29) is 11.2 Å². The van der Waals surface area contributed by atoms with E-state index in [1.54, 1.807) is 0 Å². The molecule has 3 aromatic rings. The molecule has 0 saturated heterocycles. The summed E-state index contributed by atoms with van der Waals surface area (Å²) in [6.07, 6.45) is 6.70. The van der Waals surface area contributed by atoms with Gasteiger partial charge in [0.05, 0.1) is 23.4 Å². The Morgan fingerprint density at radius 3 is 2.79 bits per heavy atom. The first-order valence-electron chi connectivity index (χ1n) is 10.4. The van der Waals surface area contributed by atoms with Crippen LogP contribution in [0, 0.1) is 6.92 Å². The molecule has 0 saturated carbocycles. The molecule has 0 spiro atoms. The first-order chi connectivity index (χ1) is 13.4. The van der Waals surface area contributed by atoms with Gasteiger partial charge >= 0.3 is 0 Å². The molecule has 0 atom stereocenters. The van der Waals surface area contributed by atoms with Gasteiger partial charge in [-0.15, -0.1) is 11.3 Å². The Labute approximate surface area is 169 Å². The molecule has 3 aromatic heterocycles. The van der Waals surface area contributed by atoms with E-state index >= 15 is 0 Å². The topological polar surface area (TPSA) is 57.0 Å². The van der Waals surface area contributed by atoms with Crippen molar-refractivity contribution in [3.8, 4) is 0 Å². The number of hydrogen-bond acceptors (Lipinski definition) is 5. The van der Waals surface area contributed by atoms with Crippen molar-refractivity contribution in [2.24, 2.45) is 0 Å². The standard InChI is InChI=1S/C22H29N3O2S/c1-5-6-7-8-9-10-25-14(2)23-18-16-11-15-13-27-22(3,4)12-17(15)24-20(16)28-19(18)21(25)26/h11H,5-10,12-13H2,1-4H3. The van der Waals surface area contributed by atoms with Crippen molar-refractivity contribution in [1.82, 2.24) is 14.5 Å². The summed E-state index contributed by atoms with van der Waals surface area (Å²) in [5.74, 6) is 0.794. The number of ether oxygens (including phenoxy) is 1. The van der Waals surface area contributed by atoms with Gasteiger partial charge in [-0.3, -0.25) is 9.36 Å². The Balaban J connectivity index is 1.72. The number of rotatable bonds is 6. The van der Waals surface area contributed by atoms with Crippen LogP contribution in [0.1, 0.15) is 70.0 Å². The van der Waals surface area contributed by atoms with Gasteiger partial charge in [0.15, 0.2) is 0 Å². The molecule has 28 heavy (non-hydrogen) atoms. The summed E-state index contributed by atoms with van der Waals surface area (Å²) in [5.41, 5.74) is 2.89. The van der Waals surface area contributed by atoms with E-state index in [1.807, 2.05) is 11.5 Å². The van der Waals surface area contributed by atoms with E-state index in [1.165, 1.54) is 30.6 Å². The van der Waals surface area contributed by atoms with Gasteiger partial charge in [0.1, 0.15) is 15.4 Å². The van der Waals surface area contributed by atoms with Crippen molar-refractivity contribution in [1.29, 1.82) is 0 Å². The third-order valence-corrected chi connectivity index (χ3v) is 6.70. The molecule has 0 bridgehead atoms. The van der Waals surface area contributed by atoms with Crippen LogP contribution in [0.3, 0.4) is 0 Å². The predicted molar refractivity (Wildman–Crippen MR) is 115 cm³/mol. The third kappa shape index (κ3) is 3.60. The molecule has 0 amide bonds. The van der Waals surface area contributed by atoms with Gasteiger partial charge in [0.2, 0.25) is 0 Å². The lowest BCUT2D eigenvalue weighted by molar-refractivity contribution is -0.0411. The normalized spacial score (nSPS) is 16.0. The Hall–Kier alpha value is -1.79. The van der Waals surface area contributed by atoms with Crippen LogP contribution in [0.25, 0.3) is 20.4 Å². The van der Waals surface area contributed by atoms with Gasteiger partial charge in [-0.05, 0) is 33.3 Å². The molecule has 4 rings (SSSR count). The van der Waals surface area contributed by atoms with Crippen LogP contribution in [-0.4, -0.2) is 20.1 Å². The molecule has 1 aliphatic heterocycles. The van der Waals surface area contributed by atoms with Crippen LogP contribution >= 0.6 is 11.3 Å². The number of nitrogens with zero attached hydrogens (tertiary/aromatic N) is 3. The lowest BCUT2D eigenvalue weighted by Gasteiger charge is -2.30. The third-order valence-electron chi connectivity index (χ3n) is 5.63. The van der Waals surface area contributed by atoms with E-state index in [0.717, 1.165) is 63.3 Å². The van der Waals surface area contributed by atoms with Gasteiger partial charge in [0.25, 0.3) is 5.56 Å². The zero-order chi connectivity index (χ0) is 19.9. The van der Waals surface area contributed by atoms with Crippen LogP contribution in [0.5, 0.6) is 0 Å². The van der Waals surface area contributed by atoms with Crippen molar-refractivity contribution in [3.05, 3.63) is 33.5 Å². The van der Waals surface area contributed by atoms with E-state index in [0.29, 0.717) is 6.61 Å². The largest absolute Gasteiger partial charge is 0.370 e. The van der Waals surface area contributed by atoms with Crippen molar-refractivity contribution in [2.45, 2.75) is 85.0 Å². The monoisotopic (exact) mass is 399 g/mol. The molecule has 0 N–H and O–H groups in total. The summed E-state index contributed by atoms with van der Waals surface area (Å²) < 4.78 is 8.51. The van der Waals surface area contributed by atoms with E-state index in [2.05, 4.69) is 26.8 Å². The van der Waals surface area contributed by atoms with E-state index in [9.17, 15) is 4.79 Å². The van der Waals surface area contributed by atoms with E-state index in [4.69, 9.17) is 14.7 Å². The average Bonchev–Trinajstić information content (AvgIpc) is 2.99. The molecule has 0 fully saturated rings. The van der Waals surface area contributed by atoms with Gasteiger partial charge in [-0.2, -0.15) is 0 Å². The fraction of sp³-hybridized carbons (Fsp3) is 0.591. The predicted octanol–water partition coefficient (Wildman–Crippen LogP) is 5.14. The van der Waals surface area contributed by atoms with Crippen LogP contribution in [0.15, 0.2) is 10.9 Å². The number of hydrogen-bond donors (Lipinski definition) is 0. The Kier molecular flexibility index (Phi) is 5.27. The molecule has 0 aliphatic carbocycles. The zero-order valence-electron chi connectivity index (χ0n) is 17.3. The highest BCUT2D eigenvalue weighted by molar-refractivity contribution is 7.25. The molecular formula is C22H29N3O2S. The average molecular weight is 400 g/mol. The first-order valence-corrected chi connectivity index (χ1v) is 11.2. The summed E-state index contributed by atoms with van der Waals surface area (Å²) >= 11 is 1.48. The fourth-order valence-electron chi connectivity index (χ4n) is 3.98. The number of aromatic nitrogens is 3. The Morgan fingerprint density at radius 1 is 1.21 bits per heavy atom. The minimum atomic E-state index is -0.191. The summed E-state index contributed by atoms with van der Waals surface area (Å²) in [5, 5.41) is 0.984. The second-order valence-electron chi connectivity index (χ2n) is 8.48. The minimum Gasteiger partial charge on any atom is -0.370 e. The highest BCUT2D eigenvalue weighted by Crippen LogP contribution is 2.34. The zero-order valence-corrected chi connectivity index (χ0v) is 18.1. The van der Waals surface area contributed by atoms with Gasteiger partial charge < -0.3 is 4.74 Å². The van der Waals surface area contributed by atoms with Crippen LogP contribution in [0.4, 0.5) is 0 Å². The summed E-state index contributed by atoms with van der Waals surface area (Å²) in [6.45, 7) is 9.66. The number of fused-ring (bicyclic) bond motifs is 4. The molecule has 0 radical (unpaired) electrons. The van der Waals surface area contributed by atoms with Crippen molar-refractivity contribution in [2.75, 3.05) is 0 Å². The molecule has 1 aliphatic rings. The SMILES string of the molecule is CCCCCCCn1c(C)nc2c(sc3nc4c(cc32)COC(C)(C)C4)c1=O. The van der Waals surface area contributed by atoms with Gasteiger partial charge in [-0.1, -0.05) is 32.6 Å². The molecule has 0 unspecified atom stereocenters. The molecule has 4 heterocycles. The number of aryl methyl sites for hydroxylation is 1. The molecule has 0 aromatic carbocycles. The lowest BCUT2D eigenvalue weighted by Crippen LogP contribution is -2.32. The van der Waals surface area contributed by atoms with E-state index < -0.39 is 0 Å². The van der Waals surface area contributed by atoms with Gasteiger partial charge in [0, 0.05) is 23.9 Å². The minimum absolute atomic E-state index is 0.0792. The summed E-state index contributed by atoms with van der Waals surface area (Å²) in [4.78, 5) is 23.8. The molecular weight excluding hydrogens is 370 g/mol.